The molecule has 6 nitrogen and oxygen atoms in total. The minimum Gasteiger partial charge on any atom is -0.481 e. The average Bonchev–Trinajstić information content (AvgIpc) is 2.65. The molecule has 0 bridgehead atoms. The monoisotopic (exact) mass is 513 g/mol. The van der Waals surface area contributed by atoms with Gasteiger partial charge >= 0.3 is 18.2 Å². The van der Waals surface area contributed by atoms with Gasteiger partial charge in [0.2, 0.25) is 3.79 Å². The molecule has 0 aliphatic carbocycles. The Hall–Kier alpha value is -2.36. The van der Waals surface area contributed by atoms with Crippen LogP contribution in [0.5, 0.6) is 11.5 Å². The van der Waals surface area contributed by atoms with E-state index in [4.69, 9.17) is 39.5 Å². The minimum absolute atomic E-state index is 0.0980. The maximum absolute atomic E-state index is 13.3. The molecule has 0 unspecified atom stereocenters. The maximum Gasteiger partial charge on any atom is 0.416 e. The highest BCUT2D eigenvalue weighted by Gasteiger charge is 2.32. The minimum atomic E-state index is -4.75. The third-order valence-electron chi connectivity index (χ3n) is 4.17. The van der Waals surface area contributed by atoms with Crippen molar-refractivity contribution in [2.24, 2.45) is 0 Å². The SMILES string of the molecule is CC(C)(C(=O)O)c1cccc(Oc2cc(NC(=O)OCC(Cl)(Cl)Cl)cc(C(F)(F)F)c2)c1. The highest BCUT2D eigenvalue weighted by atomic mass is 35.6. The van der Waals surface area contributed by atoms with E-state index < -0.39 is 39.6 Å². The molecular weight excluding hydrogens is 498 g/mol. The molecule has 2 aromatic rings. The second-order valence-electron chi connectivity index (χ2n) is 7.12. The fourth-order valence-corrected chi connectivity index (χ4v) is 2.57. The first-order valence-corrected chi connectivity index (χ1v) is 9.96. The van der Waals surface area contributed by atoms with Gasteiger partial charge in [0.05, 0.1) is 11.0 Å². The summed E-state index contributed by atoms with van der Waals surface area (Å²) in [6.45, 7) is 2.32. The van der Waals surface area contributed by atoms with E-state index >= 15 is 0 Å². The number of aliphatic carboxylic acids is 1. The zero-order valence-corrected chi connectivity index (χ0v) is 18.9. The van der Waals surface area contributed by atoms with Crippen LogP contribution in [0.3, 0.4) is 0 Å². The number of amides is 1. The first kappa shape index (κ1) is 25.9. The first-order valence-electron chi connectivity index (χ1n) is 8.82. The van der Waals surface area contributed by atoms with E-state index in [0.717, 1.165) is 12.1 Å². The molecule has 0 aliphatic rings. The number of ether oxygens (including phenoxy) is 2. The second kappa shape index (κ2) is 9.64. The Kier molecular flexibility index (Phi) is 7.80. The van der Waals surface area contributed by atoms with Gasteiger partial charge in [0.15, 0.2) is 0 Å². The Morgan fingerprint density at radius 2 is 1.62 bits per heavy atom. The Morgan fingerprint density at radius 1 is 1.00 bits per heavy atom. The molecule has 0 atom stereocenters. The van der Waals surface area contributed by atoms with E-state index in [-0.39, 0.29) is 17.2 Å². The van der Waals surface area contributed by atoms with E-state index in [2.05, 4.69) is 10.1 Å². The third-order valence-corrected chi connectivity index (χ3v) is 4.50. The van der Waals surface area contributed by atoms with Crippen LogP contribution in [0.4, 0.5) is 23.7 Å². The van der Waals surface area contributed by atoms with Crippen LogP contribution in [0.15, 0.2) is 42.5 Å². The van der Waals surface area contributed by atoms with Crippen molar-refractivity contribution in [2.75, 3.05) is 11.9 Å². The predicted molar refractivity (Wildman–Crippen MR) is 114 cm³/mol. The quantitative estimate of drug-likeness (QED) is 0.415. The van der Waals surface area contributed by atoms with Crippen molar-refractivity contribution in [2.45, 2.75) is 29.2 Å². The lowest BCUT2D eigenvalue weighted by Crippen LogP contribution is -2.28. The number of carboxylic acids is 1. The highest BCUT2D eigenvalue weighted by molar-refractivity contribution is 6.67. The lowest BCUT2D eigenvalue weighted by molar-refractivity contribution is -0.142. The summed E-state index contributed by atoms with van der Waals surface area (Å²) in [5.41, 5.74) is -2.27. The van der Waals surface area contributed by atoms with Crippen LogP contribution in [-0.2, 0) is 21.1 Å². The Morgan fingerprint density at radius 3 is 2.19 bits per heavy atom. The van der Waals surface area contributed by atoms with Gasteiger partial charge in [-0.1, -0.05) is 46.9 Å². The van der Waals surface area contributed by atoms with Crippen LogP contribution >= 0.6 is 34.8 Å². The number of carbonyl (C=O) groups is 2. The van der Waals surface area contributed by atoms with Crippen molar-refractivity contribution in [3.05, 3.63) is 53.6 Å². The van der Waals surface area contributed by atoms with Crippen molar-refractivity contribution >= 4 is 52.6 Å². The topological polar surface area (TPSA) is 84.9 Å². The van der Waals surface area contributed by atoms with Crippen LogP contribution in [0.1, 0.15) is 25.0 Å². The molecule has 0 fully saturated rings. The average molecular weight is 515 g/mol. The van der Waals surface area contributed by atoms with Crippen LogP contribution in [0.25, 0.3) is 0 Å². The van der Waals surface area contributed by atoms with E-state index in [9.17, 15) is 27.9 Å². The molecule has 0 spiro atoms. The number of halogens is 6. The van der Waals surface area contributed by atoms with E-state index in [1.54, 1.807) is 6.07 Å². The van der Waals surface area contributed by atoms with Gasteiger partial charge < -0.3 is 14.6 Å². The molecule has 0 saturated heterocycles. The van der Waals surface area contributed by atoms with Gasteiger partial charge in [-0.3, -0.25) is 10.1 Å². The van der Waals surface area contributed by atoms with Gasteiger partial charge in [-0.25, -0.2) is 4.79 Å². The number of carbonyl (C=O) groups excluding carboxylic acids is 1. The normalized spacial score (nSPS) is 12.2. The zero-order valence-electron chi connectivity index (χ0n) is 16.6. The van der Waals surface area contributed by atoms with E-state index in [1.807, 2.05) is 0 Å². The number of hydrogen-bond donors (Lipinski definition) is 2. The van der Waals surface area contributed by atoms with Crippen molar-refractivity contribution < 1.29 is 37.3 Å². The van der Waals surface area contributed by atoms with Gasteiger partial charge in [-0.2, -0.15) is 13.2 Å². The Labute approximate surface area is 196 Å². The third kappa shape index (κ3) is 7.36. The van der Waals surface area contributed by atoms with E-state index in [0.29, 0.717) is 11.6 Å². The maximum atomic E-state index is 13.3. The summed E-state index contributed by atoms with van der Waals surface area (Å²) in [5.74, 6) is -1.25. The molecule has 0 saturated carbocycles. The van der Waals surface area contributed by atoms with E-state index in [1.165, 1.54) is 32.0 Å². The van der Waals surface area contributed by atoms with Crippen LogP contribution in [-0.4, -0.2) is 27.6 Å². The second-order valence-corrected chi connectivity index (χ2v) is 9.64. The molecule has 0 heterocycles. The summed E-state index contributed by atoms with van der Waals surface area (Å²) < 4.78 is 48.2. The Bertz CT molecular complexity index is 1010. The summed E-state index contributed by atoms with van der Waals surface area (Å²) >= 11 is 16.4. The lowest BCUT2D eigenvalue weighted by Gasteiger charge is -2.20. The lowest BCUT2D eigenvalue weighted by atomic mass is 9.85. The molecule has 0 radical (unpaired) electrons. The molecule has 1 amide bonds. The van der Waals surface area contributed by atoms with Crippen LogP contribution < -0.4 is 10.1 Å². The van der Waals surface area contributed by atoms with Crippen molar-refractivity contribution in [3.63, 3.8) is 0 Å². The number of alkyl halides is 6. The van der Waals surface area contributed by atoms with Crippen molar-refractivity contribution in [1.29, 1.82) is 0 Å². The van der Waals surface area contributed by atoms with Gasteiger partial charge in [0, 0.05) is 11.8 Å². The largest absolute Gasteiger partial charge is 0.481 e. The Balaban J connectivity index is 2.33. The van der Waals surface area contributed by atoms with Crippen molar-refractivity contribution in [1.82, 2.24) is 0 Å². The molecule has 2 aromatic carbocycles. The fraction of sp³-hybridized carbons (Fsp3) is 0.300. The smallest absolute Gasteiger partial charge is 0.416 e. The number of benzene rings is 2. The molecule has 32 heavy (non-hydrogen) atoms. The molecule has 2 rings (SSSR count). The first-order chi connectivity index (χ1) is 14.6. The molecule has 12 heteroatoms. The number of hydrogen-bond acceptors (Lipinski definition) is 4. The fourth-order valence-electron chi connectivity index (χ4n) is 2.40. The molecular formula is C20H17Cl3F3NO5. The molecule has 0 aromatic heterocycles. The number of carboxylic acid groups (broad SMARTS) is 1. The number of nitrogens with one attached hydrogen (secondary N) is 1. The number of anilines is 1. The van der Waals surface area contributed by atoms with Gasteiger partial charge in [0.1, 0.15) is 18.1 Å². The van der Waals surface area contributed by atoms with Gasteiger partial charge in [0.25, 0.3) is 0 Å². The standard InChI is InChI=1S/C20H17Cl3F3NO5/c1-18(2,16(28)29)11-4-3-5-14(7-11)32-15-8-12(20(24,25)26)6-13(9-15)27-17(30)31-10-19(21,22)23/h3-9H,10H2,1-2H3,(H,27,30)(H,28,29). The number of rotatable bonds is 6. The zero-order chi connectivity index (χ0) is 24.3. The van der Waals surface area contributed by atoms with Gasteiger partial charge in [-0.15, -0.1) is 0 Å². The highest BCUT2D eigenvalue weighted by Crippen LogP contribution is 2.36. The summed E-state index contributed by atoms with van der Waals surface area (Å²) in [7, 11) is 0. The van der Waals surface area contributed by atoms with Crippen molar-refractivity contribution in [3.8, 4) is 11.5 Å². The van der Waals surface area contributed by atoms with Crippen LogP contribution in [0, 0.1) is 0 Å². The van der Waals surface area contributed by atoms with Gasteiger partial charge in [-0.05, 0) is 43.7 Å². The predicted octanol–water partition coefficient (Wildman–Crippen LogP) is 6.78. The molecule has 174 valence electrons. The van der Waals surface area contributed by atoms with Crippen LogP contribution in [0.2, 0.25) is 0 Å². The summed E-state index contributed by atoms with van der Waals surface area (Å²) in [6.07, 6.45) is -5.89. The summed E-state index contributed by atoms with van der Waals surface area (Å²) in [6, 6.07) is 8.44. The summed E-state index contributed by atoms with van der Waals surface area (Å²) in [5, 5.41) is 11.5. The molecule has 2 N–H and O–H groups in total. The summed E-state index contributed by atoms with van der Waals surface area (Å²) in [4.78, 5) is 23.3. The molecule has 0 aliphatic heterocycles.